The topological polar surface area (TPSA) is 15.3 Å². The van der Waals surface area contributed by atoms with Crippen LogP contribution in [-0.2, 0) is 6.54 Å². The molecule has 4 heteroatoms. The van der Waals surface area contributed by atoms with E-state index in [0.717, 1.165) is 11.4 Å². The maximum Gasteiger partial charge on any atom is 0.128 e. The average molecular weight is 293 g/mol. The minimum Gasteiger partial charge on any atom is -0.381 e. The Labute approximate surface area is 124 Å². The predicted octanol–water partition coefficient (Wildman–Crippen LogP) is 4.47. The molecule has 0 unspecified atom stereocenters. The quantitative estimate of drug-likeness (QED) is 0.894. The van der Waals surface area contributed by atoms with Gasteiger partial charge in [-0.2, -0.15) is 0 Å². The van der Waals surface area contributed by atoms with E-state index in [0.29, 0.717) is 17.1 Å². The Bertz CT molecular complexity index is 611. The Morgan fingerprint density at radius 2 is 1.90 bits per heavy atom. The first-order valence-electron chi connectivity index (χ1n) is 6.43. The number of benzene rings is 2. The molecule has 2 aromatic rings. The fraction of sp³-hybridized carbons (Fsp3) is 0.250. The summed E-state index contributed by atoms with van der Waals surface area (Å²) in [6, 6.07) is 10.7. The maximum atomic E-state index is 13.6. The van der Waals surface area contributed by atoms with E-state index in [4.69, 9.17) is 11.6 Å². The van der Waals surface area contributed by atoms with Crippen molar-refractivity contribution in [1.82, 2.24) is 0 Å². The fourth-order valence-corrected chi connectivity index (χ4v) is 2.27. The summed E-state index contributed by atoms with van der Waals surface area (Å²) in [5.41, 5.74) is 3.86. The Morgan fingerprint density at radius 3 is 2.60 bits per heavy atom. The van der Waals surface area contributed by atoms with Crippen LogP contribution in [0.4, 0.5) is 15.8 Å². The van der Waals surface area contributed by atoms with Gasteiger partial charge in [-0.05, 0) is 42.8 Å². The highest BCUT2D eigenvalue weighted by atomic mass is 35.5. The summed E-state index contributed by atoms with van der Waals surface area (Å²) in [5, 5.41) is 3.77. The van der Waals surface area contributed by atoms with Crippen LogP contribution in [0.3, 0.4) is 0 Å². The molecule has 0 saturated carbocycles. The van der Waals surface area contributed by atoms with E-state index in [-0.39, 0.29) is 5.82 Å². The number of hydrogen-bond donors (Lipinski definition) is 1. The zero-order chi connectivity index (χ0) is 14.7. The standard InChI is InChI=1S/C16H18ClFN2/c1-11-4-6-14(9-16(11)20(2)3)19-10-12-8-13(17)5-7-15(12)18/h4-9,19H,10H2,1-3H3. The van der Waals surface area contributed by atoms with Gasteiger partial charge in [0.2, 0.25) is 0 Å². The van der Waals surface area contributed by atoms with Crippen molar-refractivity contribution in [2.45, 2.75) is 13.5 Å². The Hall–Kier alpha value is -1.74. The minimum absolute atomic E-state index is 0.248. The molecular formula is C16H18ClFN2. The molecule has 0 bridgehead atoms. The van der Waals surface area contributed by atoms with Crippen LogP contribution in [0.1, 0.15) is 11.1 Å². The lowest BCUT2D eigenvalue weighted by molar-refractivity contribution is 0.613. The van der Waals surface area contributed by atoms with Gasteiger partial charge in [-0.25, -0.2) is 4.39 Å². The van der Waals surface area contributed by atoms with Crippen LogP contribution in [0.15, 0.2) is 36.4 Å². The largest absolute Gasteiger partial charge is 0.381 e. The summed E-state index contributed by atoms with van der Waals surface area (Å²) in [6.07, 6.45) is 0. The van der Waals surface area contributed by atoms with Crippen LogP contribution < -0.4 is 10.2 Å². The van der Waals surface area contributed by atoms with Crippen molar-refractivity contribution in [2.24, 2.45) is 0 Å². The molecule has 0 aliphatic heterocycles. The summed E-state index contributed by atoms with van der Waals surface area (Å²) in [5.74, 6) is -0.248. The molecule has 2 nitrogen and oxygen atoms in total. The van der Waals surface area contributed by atoms with E-state index in [1.54, 1.807) is 12.1 Å². The molecule has 0 aromatic heterocycles. The summed E-state index contributed by atoms with van der Waals surface area (Å²) < 4.78 is 13.6. The van der Waals surface area contributed by atoms with E-state index >= 15 is 0 Å². The Balaban J connectivity index is 2.15. The van der Waals surface area contributed by atoms with Gasteiger partial charge in [-0.15, -0.1) is 0 Å². The number of anilines is 2. The normalized spacial score (nSPS) is 10.4. The van der Waals surface area contributed by atoms with Crippen molar-refractivity contribution in [3.63, 3.8) is 0 Å². The zero-order valence-corrected chi connectivity index (χ0v) is 12.6. The van der Waals surface area contributed by atoms with Gasteiger partial charge >= 0.3 is 0 Å². The lowest BCUT2D eigenvalue weighted by Crippen LogP contribution is -2.11. The second-order valence-corrected chi connectivity index (χ2v) is 5.42. The van der Waals surface area contributed by atoms with Gasteiger partial charge in [0.15, 0.2) is 0 Å². The highest BCUT2D eigenvalue weighted by Crippen LogP contribution is 2.23. The Morgan fingerprint density at radius 1 is 1.15 bits per heavy atom. The summed E-state index contributed by atoms with van der Waals surface area (Å²) in [6.45, 7) is 2.47. The molecule has 20 heavy (non-hydrogen) atoms. The van der Waals surface area contributed by atoms with Crippen LogP contribution in [0.5, 0.6) is 0 Å². The maximum absolute atomic E-state index is 13.6. The van der Waals surface area contributed by atoms with E-state index in [1.807, 2.05) is 26.2 Å². The molecule has 106 valence electrons. The predicted molar refractivity (Wildman–Crippen MR) is 84.2 cm³/mol. The number of nitrogens with zero attached hydrogens (tertiary/aromatic N) is 1. The molecule has 1 N–H and O–H groups in total. The van der Waals surface area contributed by atoms with Gasteiger partial charge in [0.1, 0.15) is 5.82 Å². The third-order valence-corrected chi connectivity index (χ3v) is 3.42. The van der Waals surface area contributed by atoms with Gasteiger partial charge in [0, 0.05) is 42.6 Å². The number of aryl methyl sites for hydroxylation is 1. The second kappa shape index (κ2) is 6.14. The number of hydrogen-bond acceptors (Lipinski definition) is 2. The SMILES string of the molecule is Cc1ccc(NCc2cc(Cl)ccc2F)cc1N(C)C. The van der Waals surface area contributed by atoms with Gasteiger partial charge in [0.25, 0.3) is 0 Å². The molecule has 0 aliphatic rings. The molecular weight excluding hydrogens is 275 g/mol. The first-order chi connectivity index (χ1) is 9.47. The first-order valence-corrected chi connectivity index (χ1v) is 6.81. The Kier molecular flexibility index (Phi) is 4.50. The van der Waals surface area contributed by atoms with Crippen LogP contribution in [0.2, 0.25) is 5.02 Å². The van der Waals surface area contributed by atoms with E-state index in [9.17, 15) is 4.39 Å². The fourth-order valence-electron chi connectivity index (χ4n) is 2.08. The molecule has 0 fully saturated rings. The van der Waals surface area contributed by atoms with Crippen molar-refractivity contribution < 1.29 is 4.39 Å². The molecule has 0 saturated heterocycles. The van der Waals surface area contributed by atoms with Crippen LogP contribution in [-0.4, -0.2) is 14.1 Å². The van der Waals surface area contributed by atoms with Crippen LogP contribution >= 0.6 is 11.6 Å². The third-order valence-electron chi connectivity index (χ3n) is 3.18. The summed E-state index contributed by atoms with van der Waals surface area (Å²) in [7, 11) is 4.01. The number of nitrogens with one attached hydrogen (secondary N) is 1. The average Bonchev–Trinajstić information content (AvgIpc) is 2.41. The molecule has 0 radical (unpaired) electrons. The van der Waals surface area contributed by atoms with Gasteiger partial charge in [-0.3, -0.25) is 0 Å². The third kappa shape index (κ3) is 3.42. The highest BCUT2D eigenvalue weighted by molar-refractivity contribution is 6.30. The van der Waals surface area contributed by atoms with Crippen molar-refractivity contribution in [3.05, 3.63) is 58.4 Å². The molecule has 0 spiro atoms. The molecule has 0 atom stereocenters. The zero-order valence-electron chi connectivity index (χ0n) is 11.9. The highest BCUT2D eigenvalue weighted by Gasteiger charge is 2.05. The van der Waals surface area contributed by atoms with E-state index in [1.165, 1.54) is 11.6 Å². The number of halogens is 2. The smallest absolute Gasteiger partial charge is 0.128 e. The number of rotatable bonds is 4. The van der Waals surface area contributed by atoms with Crippen molar-refractivity contribution >= 4 is 23.0 Å². The minimum atomic E-state index is -0.248. The molecule has 0 amide bonds. The van der Waals surface area contributed by atoms with Crippen LogP contribution in [0.25, 0.3) is 0 Å². The molecule has 2 rings (SSSR count). The monoisotopic (exact) mass is 292 g/mol. The van der Waals surface area contributed by atoms with Crippen molar-refractivity contribution in [1.29, 1.82) is 0 Å². The van der Waals surface area contributed by atoms with Gasteiger partial charge < -0.3 is 10.2 Å². The van der Waals surface area contributed by atoms with Gasteiger partial charge in [-0.1, -0.05) is 17.7 Å². The van der Waals surface area contributed by atoms with Gasteiger partial charge in [0.05, 0.1) is 0 Å². The molecule has 0 aliphatic carbocycles. The summed E-state index contributed by atoms with van der Waals surface area (Å²) >= 11 is 5.89. The molecule has 2 aromatic carbocycles. The second-order valence-electron chi connectivity index (χ2n) is 4.98. The lowest BCUT2D eigenvalue weighted by atomic mass is 10.1. The van der Waals surface area contributed by atoms with Crippen molar-refractivity contribution in [2.75, 3.05) is 24.3 Å². The van der Waals surface area contributed by atoms with Crippen LogP contribution in [0, 0.1) is 12.7 Å². The molecule has 0 heterocycles. The van der Waals surface area contributed by atoms with E-state index < -0.39 is 0 Å². The lowest BCUT2D eigenvalue weighted by Gasteiger charge is -2.17. The first kappa shape index (κ1) is 14.7. The summed E-state index contributed by atoms with van der Waals surface area (Å²) in [4.78, 5) is 2.06. The van der Waals surface area contributed by atoms with Crippen molar-refractivity contribution in [3.8, 4) is 0 Å². The van der Waals surface area contributed by atoms with E-state index in [2.05, 4.69) is 23.2 Å².